The Balaban J connectivity index is 1.17. The Morgan fingerprint density at radius 3 is 2.53 bits per heavy atom. The van der Waals surface area contributed by atoms with E-state index in [9.17, 15) is 9.59 Å². The van der Waals surface area contributed by atoms with Crippen LogP contribution in [-0.4, -0.2) is 54.8 Å². The Labute approximate surface area is 262 Å². The van der Waals surface area contributed by atoms with Crippen LogP contribution in [0.2, 0.25) is 0 Å². The van der Waals surface area contributed by atoms with Crippen molar-refractivity contribution in [2.75, 3.05) is 18.5 Å². The van der Waals surface area contributed by atoms with Crippen molar-refractivity contribution in [3.05, 3.63) is 77.1 Å². The van der Waals surface area contributed by atoms with Gasteiger partial charge in [0.1, 0.15) is 23.5 Å². The average Bonchev–Trinajstić information content (AvgIpc) is 3.70. The molecule has 1 saturated carbocycles. The number of anilines is 1. The van der Waals surface area contributed by atoms with E-state index in [0.717, 1.165) is 41.2 Å². The number of rotatable bonds is 8. The third-order valence-electron chi connectivity index (χ3n) is 8.48. The molecule has 2 aliphatic rings. The number of aliphatic hydroxyl groups excluding tert-OH is 1. The molecule has 6 rings (SSSR count). The maximum atomic E-state index is 13.3. The second kappa shape index (κ2) is 12.8. The average molecular weight is 613 g/mol. The Morgan fingerprint density at radius 1 is 1.00 bits per heavy atom. The van der Waals surface area contributed by atoms with Gasteiger partial charge in [0.2, 0.25) is 5.82 Å². The fourth-order valence-corrected chi connectivity index (χ4v) is 6.16. The van der Waals surface area contributed by atoms with Gasteiger partial charge in [-0.1, -0.05) is 57.9 Å². The fourth-order valence-electron chi connectivity index (χ4n) is 6.16. The lowest BCUT2D eigenvalue weighted by Crippen LogP contribution is -2.36. The summed E-state index contributed by atoms with van der Waals surface area (Å²) in [6.07, 6.45) is 7.92. The molecule has 0 radical (unpaired) electrons. The number of ether oxygens (including phenoxy) is 1. The molecule has 1 fully saturated rings. The van der Waals surface area contributed by atoms with Crippen molar-refractivity contribution in [3.63, 3.8) is 0 Å². The van der Waals surface area contributed by atoms with Crippen molar-refractivity contribution in [2.24, 2.45) is 0 Å². The van der Waals surface area contributed by atoms with Crippen LogP contribution in [0.15, 0.2) is 48.7 Å². The second-order valence-corrected chi connectivity index (χ2v) is 12.8. The van der Waals surface area contributed by atoms with Crippen LogP contribution in [0.3, 0.4) is 0 Å². The van der Waals surface area contributed by atoms with E-state index in [4.69, 9.17) is 9.84 Å². The zero-order valence-corrected chi connectivity index (χ0v) is 25.9. The first-order valence-electron chi connectivity index (χ1n) is 15.7. The summed E-state index contributed by atoms with van der Waals surface area (Å²) in [7, 11) is 0. The van der Waals surface area contributed by atoms with Crippen LogP contribution in [0.5, 0.6) is 5.75 Å². The van der Waals surface area contributed by atoms with Gasteiger partial charge in [-0.25, -0.2) is 14.8 Å². The predicted octanol–water partition coefficient (Wildman–Crippen LogP) is 4.97. The lowest BCUT2D eigenvalue weighted by atomic mass is 9.85. The Kier molecular flexibility index (Phi) is 8.66. The van der Waals surface area contributed by atoms with Crippen molar-refractivity contribution in [1.82, 2.24) is 35.2 Å². The van der Waals surface area contributed by atoms with Gasteiger partial charge in [0.05, 0.1) is 24.5 Å². The molecule has 12 heteroatoms. The van der Waals surface area contributed by atoms with Crippen LogP contribution >= 0.6 is 0 Å². The number of carbonyl (C=O) groups excluding carboxylic acids is 2. The smallest absolute Gasteiger partial charge is 0.320 e. The first kappa shape index (κ1) is 30.4. The zero-order chi connectivity index (χ0) is 31.6. The minimum Gasteiger partial charge on any atom is -0.484 e. The molecular formula is C33H40N8O4. The second-order valence-electron chi connectivity index (χ2n) is 12.8. The number of benzene rings is 1. The van der Waals surface area contributed by atoms with E-state index in [1.54, 1.807) is 6.07 Å². The van der Waals surface area contributed by atoms with Crippen molar-refractivity contribution in [2.45, 2.75) is 82.8 Å². The molecule has 3 amide bonds. The number of hydrogen-bond donors (Lipinski definition) is 4. The highest BCUT2D eigenvalue weighted by Crippen LogP contribution is 2.39. The Morgan fingerprint density at radius 2 is 1.78 bits per heavy atom. The van der Waals surface area contributed by atoms with E-state index in [1.165, 1.54) is 12.8 Å². The first-order valence-corrected chi connectivity index (χ1v) is 15.7. The van der Waals surface area contributed by atoms with Crippen LogP contribution in [0.4, 0.5) is 10.6 Å². The van der Waals surface area contributed by atoms with Crippen molar-refractivity contribution in [3.8, 4) is 5.75 Å². The monoisotopic (exact) mass is 612 g/mol. The summed E-state index contributed by atoms with van der Waals surface area (Å²) in [6.45, 7) is 5.76. The molecule has 3 heterocycles. The van der Waals surface area contributed by atoms with Gasteiger partial charge < -0.3 is 20.5 Å². The van der Waals surface area contributed by atoms with Gasteiger partial charge in [0.15, 0.2) is 5.65 Å². The third-order valence-corrected chi connectivity index (χ3v) is 8.48. The van der Waals surface area contributed by atoms with Crippen molar-refractivity contribution < 1.29 is 19.4 Å². The lowest BCUT2D eigenvalue weighted by molar-refractivity contribution is 0.0934. The number of nitrogens with one attached hydrogen (secondary N) is 3. The van der Waals surface area contributed by atoms with E-state index in [0.29, 0.717) is 24.5 Å². The number of pyridine rings is 1. The molecule has 45 heavy (non-hydrogen) atoms. The molecule has 0 bridgehead atoms. The van der Waals surface area contributed by atoms with E-state index in [-0.39, 0.29) is 36.9 Å². The highest BCUT2D eigenvalue weighted by atomic mass is 16.5. The minimum absolute atomic E-state index is 0.0748. The van der Waals surface area contributed by atoms with Crippen LogP contribution < -0.4 is 20.7 Å². The molecule has 4 N–H and O–H groups in total. The standard InChI is InChI=1S/C33H40N8O4/c1-33(2,3)26-18-27(37-29(36-26)31(43)34-16-17-42)38-32(44)35-24-13-14-25(23-11-7-6-10-22(23)24)45-21-12-15-28-39-40-30(41(28)19-21)20-8-4-5-9-20/h6-7,10-12,15,18-20,24-25,42H,4-5,8-9,13-14,16-17H2,1-3H3,(H,34,43)(H2,35,36,37,38,44)/t24-,25+/m0/s1. The zero-order valence-electron chi connectivity index (χ0n) is 25.9. The van der Waals surface area contributed by atoms with E-state index >= 15 is 0 Å². The summed E-state index contributed by atoms with van der Waals surface area (Å²) < 4.78 is 8.62. The van der Waals surface area contributed by atoms with Gasteiger partial charge in [-0.15, -0.1) is 10.2 Å². The summed E-state index contributed by atoms with van der Waals surface area (Å²) in [6, 6.07) is 12.9. The number of aliphatic hydroxyl groups is 1. The Hall–Kier alpha value is -4.58. The predicted molar refractivity (Wildman–Crippen MR) is 168 cm³/mol. The van der Waals surface area contributed by atoms with Gasteiger partial charge in [0, 0.05) is 23.9 Å². The van der Waals surface area contributed by atoms with Gasteiger partial charge >= 0.3 is 6.03 Å². The third kappa shape index (κ3) is 6.75. The molecule has 0 saturated heterocycles. The quantitative estimate of drug-likeness (QED) is 0.217. The topological polar surface area (TPSA) is 156 Å². The number of nitrogens with zero attached hydrogens (tertiary/aromatic N) is 5. The summed E-state index contributed by atoms with van der Waals surface area (Å²) in [5, 5.41) is 26.4. The van der Waals surface area contributed by atoms with Gasteiger partial charge in [-0.05, 0) is 48.9 Å². The molecule has 2 atom stereocenters. The molecule has 2 aliphatic carbocycles. The molecular weight excluding hydrogens is 572 g/mol. The SMILES string of the molecule is CC(C)(C)c1cc(NC(=O)N[C@H]2CC[C@@H](Oc3ccc4nnc(C5CCCC5)n4c3)c3ccccc32)nc(C(=O)NCCO)n1. The Bertz CT molecular complexity index is 1690. The highest BCUT2D eigenvalue weighted by Gasteiger charge is 2.30. The highest BCUT2D eigenvalue weighted by molar-refractivity contribution is 5.92. The summed E-state index contributed by atoms with van der Waals surface area (Å²) in [5.41, 5.74) is 3.04. The van der Waals surface area contributed by atoms with Crippen LogP contribution in [-0.2, 0) is 5.41 Å². The number of hydrogen-bond acceptors (Lipinski definition) is 8. The lowest BCUT2D eigenvalue weighted by Gasteiger charge is -2.32. The summed E-state index contributed by atoms with van der Waals surface area (Å²) in [4.78, 5) is 34.5. The number of carbonyl (C=O) groups is 2. The van der Waals surface area contributed by atoms with Gasteiger partial charge in [-0.2, -0.15) is 0 Å². The van der Waals surface area contributed by atoms with E-state index in [1.807, 2.05) is 63.4 Å². The largest absolute Gasteiger partial charge is 0.484 e. The first-order chi connectivity index (χ1) is 21.7. The van der Waals surface area contributed by atoms with Crippen molar-refractivity contribution >= 4 is 23.4 Å². The van der Waals surface area contributed by atoms with E-state index in [2.05, 4.69) is 40.5 Å². The van der Waals surface area contributed by atoms with Crippen LogP contribution in [0.1, 0.15) is 111 Å². The number of fused-ring (bicyclic) bond motifs is 2. The van der Waals surface area contributed by atoms with Crippen LogP contribution in [0.25, 0.3) is 5.65 Å². The molecule has 236 valence electrons. The maximum Gasteiger partial charge on any atom is 0.320 e. The molecule has 0 aliphatic heterocycles. The molecule has 1 aromatic carbocycles. The normalized spacial score (nSPS) is 18.4. The molecule has 0 spiro atoms. The molecule has 3 aromatic heterocycles. The van der Waals surface area contributed by atoms with E-state index < -0.39 is 17.4 Å². The number of urea groups is 1. The molecule has 0 unspecified atom stereocenters. The number of amides is 3. The molecule has 4 aromatic rings. The number of aromatic nitrogens is 5. The van der Waals surface area contributed by atoms with Crippen LogP contribution in [0, 0.1) is 0 Å². The summed E-state index contributed by atoms with van der Waals surface area (Å²) >= 11 is 0. The van der Waals surface area contributed by atoms with Crippen molar-refractivity contribution in [1.29, 1.82) is 0 Å². The fraction of sp³-hybridized carbons (Fsp3) is 0.455. The maximum absolute atomic E-state index is 13.3. The minimum atomic E-state index is -0.524. The van der Waals surface area contributed by atoms with Gasteiger partial charge in [0.25, 0.3) is 5.91 Å². The van der Waals surface area contributed by atoms with Gasteiger partial charge in [-0.3, -0.25) is 14.5 Å². The molecule has 12 nitrogen and oxygen atoms in total. The summed E-state index contributed by atoms with van der Waals surface area (Å²) in [5.74, 6) is 1.80.